The second-order valence-electron chi connectivity index (χ2n) is 2.09. The van der Waals surface area contributed by atoms with Crippen molar-refractivity contribution in [2.75, 3.05) is 26.9 Å². The van der Waals surface area contributed by atoms with Crippen molar-refractivity contribution in [3.05, 3.63) is 0 Å². The summed E-state index contributed by atoms with van der Waals surface area (Å²) < 4.78 is 4.68. The summed E-state index contributed by atoms with van der Waals surface area (Å²) in [6.45, 7) is 0.0449. The summed E-state index contributed by atoms with van der Waals surface area (Å²) in [6, 6.07) is 0. The van der Waals surface area contributed by atoms with Gasteiger partial charge in [-0.15, -0.1) is 0 Å². The van der Waals surface area contributed by atoms with Crippen molar-refractivity contribution < 1.29 is 14.3 Å². The molecular weight excluding hydrogens is 162 g/mol. The van der Waals surface area contributed by atoms with E-state index in [0.717, 1.165) is 0 Å². The molecule has 0 rings (SSSR count). The van der Waals surface area contributed by atoms with Crippen LogP contribution in [0.25, 0.3) is 0 Å². The molecule has 0 aliphatic rings. The van der Waals surface area contributed by atoms with E-state index in [1.54, 1.807) is 7.05 Å². The maximum Gasteiger partial charge on any atom is 0.243 e. The van der Waals surface area contributed by atoms with E-state index in [9.17, 15) is 9.59 Å². The summed E-state index contributed by atoms with van der Waals surface area (Å²) in [7, 11) is 1.66. The van der Waals surface area contributed by atoms with Crippen LogP contribution in [0.1, 0.15) is 0 Å². The number of nitrogens with one attached hydrogen (secondary N) is 2. The lowest BCUT2D eigenvalue weighted by Gasteiger charge is -2.03. The molecule has 2 amide bonds. The highest BCUT2D eigenvalue weighted by Gasteiger charge is 1.97. The minimum Gasteiger partial charge on any atom is -0.368 e. The number of carbonyl (C=O) groups is 2. The predicted molar refractivity (Wildman–Crippen MR) is 42.1 cm³/mol. The molecular formula is C6H13N3O3. The molecule has 4 N–H and O–H groups in total. The van der Waals surface area contributed by atoms with Crippen LogP contribution in [-0.2, 0) is 14.3 Å². The third-order valence-electron chi connectivity index (χ3n) is 0.953. The molecule has 0 unspecified atom stereocenters. The molecule has 0 bridgehead atoms. The second kappa shape index (κ2) is 6.56. The van der Waals surface area contributed by atoms with Gasteiger partial charge in [0.1, 0.15) is 13.3 Å². The first-order valence-electron chi connectivity index (χ1n) is 3.44. The van der Waals surface area contributed by atoms with Gasteiger partial charge in [-0.2, -0.15) is 0 Å². The molecule has 0 aliphatic heterocycles. The fraction of sp³-hybridized carbons (Fsp3) is 0.667. The topological polar surface area (TPSA) is 93.4 Å². The second-order valence-corrected chi connectivity index (χ2v) is 2.09. The lowest BCUT2D eigenvalue weighted by molar-refractivity contribution is -0.126. The van der Waals surface area contributed by atoms with Crippen molar-refractivity contribution in [1.29, 1.82) is 0 Å². The van der Waals surface area contributed by atoms with E-state index in [1.165, 1.54) is 0 Å². The van der Waals surface area contributed by atoms with Crippen LogP contribution in [0.5, 0.6) is 0 Å². The van der Waals surface area contributed by atoms with Crippen LogP contribution >= 0.6 is 0 Å². The third-order valence-corrected chi connectivity index (χ3v) is 0.953. The Balaban J connectivity index is 3.19. The fourth-order valence-electron chi connectivity index (χ4n) is 0.506. The van der Waals surface area contributed by atoms with Crippen LogP contribution in [0, 0.1) is 0 Å². The van der Waals surface area contributed by atoms with Gasteiger partial charge in [0.25, 0.3) is 0 Å². The molecule has 0 aromatic carbocycles. The number of hydrogen-bond acceptors (Lipinski definition) is 4. The Morgan fingerprint density at radius 2 is 2.17 bits per heavy atom. The number of nitrogens with two attached hydrogens (primary N) is 1. The Hall–Kier alpha value is -1.14. The molecule has 0 fully saturated rings. The number of primary amides is 1. The Morgan fingerprint density at radius 3 is 2.67 bits per heavy atom. The van der Waals surface area contributed by atoms with Crippen LogP contribution in [0.3, 0.4) is 0 Å². The largest absolute Gasteiger partial charge is 0.368 e. The van der Waals surface area contributed by atoms with Crippen molar-refractivity contribution in [1.82, 2.24) is 10.6 Å². The van der Waals surface area contributed by atoms with Crippen molar-refractivity contribution in [3.8, 4) is 0 Å². The number of hydrogen-bond donors (Lipinski definition) is 3. The molecule has 0 aromatic heterocycles. The Bertz CT molecular complexity index is 160. The quantitative estimate of drug-likeness (QED) is 0.315. The molecule has 0 heterocycles. The predicted octanol–water partition coefficient (Wildman–Crippen LogP) is -2.22. The SMILES string of the molecule is CNCC(=O)NCOCC(N)=O. The Labute approximate surface area is 70.4 Å². The van der Waals surface area contributed by atoms with Crippen LogP contribution in [-0.4, -0.2) is 38.7 Å². The maximum atomic E-state index is 10.7. The van der Waals surface area contributed by atoms with Crippen molar-refractivity contribution >= 4 is 11.8 Å². The van der Waals surface area contributed by atoms with Gasteiger partial charge in [0.15, 0.2) is 0 Å². The summed E-state index contributed by atoms with van der Waals surface area (Å²) in [5.41, 5.74) is 4.78. The Morgan fingerprint density at radius 1 is 1.50 bits per heavy atom. The number of likely N-dealkylation sites (N-methyl/N-ethyl adjacent to an activating group) is 1. The molecule has 0 saturated carbocycles. The third kappa shape index (κ3) is 6.97. The first-order valence-corrected chi connectivity index (χ1v) is 3.44. The van der Waals surface area contributed by atoms with E-state index >= 15 is 0 Å². The summed E-state index contributed by atoms with van der Waals surface area (Å²) in [4.78, 5) is 20.9. The van der Waals surface area contributed by atoms with Gasteiger partial charge >= 0.3 is 0 Å². The molecule has 0 radical (unpaired) electrons. The average Bonchev–Trinajstić information content (AvgIpc) is 1.98. The normalized spacial score (nSPS) is 9.42. The van der Waals surface area contributed by atoms with Gasteiger partial charge in [-0.25, -0.2) is 0 Å². The lowest BCUT2D eigenvalue weighted by Crippen LogP contribution is -2.34. The summed E-state index contributed by atoms with van der Waals surface area (Å²) in [5, 5.41) is 5.07. The molecule has 6 nitrogen and oxygen atoms in total. The zero-order valence-corrected chi connectivity index (χ0v) is 6.92. The molecule has 6 heteroatoms. The van der Waals surface area contributed by atoms with Gasteiger partial charge in [-0.05, 0) is 7.05 Å². The van der Waals surface area contributed by atoms with Gasteiger partial charge < -0.3 is 21.1 Å². The minimum atomic E-state index is -0.558. The van der Waals surface area contributed by atoms with Gasteiger partial charge in [0.2, 0.25) is 11.8 Å². The fourth-order valence-corrected chi connectivity index (χ4v) is 0.506. The average molecular weight is 175 g/mol. The van der Waals surface area contributed by atoms with Crippen molar-refractivity contribution in [2.45, 2.75) is 0 Å². The molecule has 0 aromatic rings. The van der Waals surface area contributed by atoms with E-state index in [2.05, 4.69) is 15.4 Å². The zero-order chi connectivity index (χ0) is 9.40. The number of ether oxygens (including phenoxy) is 1. The summed E-state index contributed by atoms with van der Waals surface area (Å²) in [5.74, 6) is -0.750. The van der Waals surface area contributed by atoms with Crippen molar-refractivity contribution in [2.24, 2.45) is 5.73 Å². The monoisotopic (exact) mass is 175 g/mol. The smallest absolute Gasteiger partial charge is 0.243 e. The van der Waals surface area contributed by atoms with Gasteiger partial charge in [0.05, 0.1) is 6.54 Å². The van der Waals surface area contributed by atoms with Gasteiger partial charge in [-0.3, -0.25) is 9.59 Å². The zero-order valence-electron chi connectivity index (χ0n) is 6.92. The highest BCUT2D eigenvalue weighted by Crippen LogP contribution is 1.69. The number of rotatable bonds is 6. The van der Waals surface area contributed by atoms with E-state index < -0.39 is 5.91 Å². The van der Waals surface area contributed by atoms with Crippen LogP contribution in [0.2, 0.25) is 0 Å². The van der Waals surface area contributed by atoms with Crippen LogP contribution in [0.4, 0.5) is 0 Å². The van der Waals surface area contributed by atoms with E-state index in [4.69, 9.17) is 5.73 Å². The number of amides is 2. The van der Waals surface area contributed by atoms with E-state index in [0.29, 0.717) is 0 Å². The molecule has 0 saturated heterocycles. The van der Waals surface area contributed by atoms with Gasteiger partial charge in [0, 0.05) is 0 Å². The summed E-state index contributed by atoms with van der Waals surface area (Å²) in [6.07, 6.45) is 0. The van der Waals surface area contributed by atoms with Crippen molar-refractivity contribution in [3.63, 3.8) is 0 Å². The first kappa shape index (κ1) is 10.9. The molecule has 70 valence electrons. The highest BCUT2D eigenvalue weighted by molar-refractivity contribution is 5.78. The number of carbonyl (C=O) groups excluding carboxylic acids is 2. The summed E-state index contributed by atoms with van der Waals surface area (Å²) >= 11 is 0. The Kier molecular flexibility index (Phi) is 5.94. The highest BCUT2D eigenvalue weighted by atomic mass is 16.5. The van der Waals surface area contributed by atoms with Crippen LogP contribution in [0.15, 0.2) is 0 Å². The van der Waals surface area contributed by atoms with Crippen LogP contribution < -0.4 is 16.4 Å². The maximum absolute atomic E-state index is 10.7. The minimum absolute atomic E-state index is 0.00343. The molecule has 12 heavy (non-hydrogen) atoms. The lowest BCUT2D eigenvalue weighted by atomic mass is 10.6. The van der Waals surface area contributed by atoms with Gasteiger partial charge in [-0.1, -0.05) is 0 Å². The first-order chi connectivity index (χ1) is 5.66. The molecule has 0 atom stereocenters. The van der Waals surface area contributed by atoms with E-state index in [1.807, 2.05) is 0 Å². The molecule has 0 aliphatic carbocycles. The van der Waals surface area contributed by atoms with E-state index in [-0.39, 0.29) is 25.8 Å². The standard InChI is InChI=1S/C6H13N3O3/c1-8-2-6(11)9-4-12-3-5(7)10/h8H,2-4H2,1H3,(H2,7,10)(H,9,11). The molecule has 0 spiro atoms.